The number of aromatic amines is 1. The summed E-state index contributed by atoms with van der Waals surface area (Å²) in [6.07, 6.45) is 0.182. The summed E-state index contributed by atoms with van der Waals surface area (Å²) in [4.78, 5) is 23.3. The molecule has 6 rings (SSSR count). The standard InChI is InChI=1S/C28H22Cl2N6O5/c29-18-12-19(30)14-22(13-18)40-21-3-1-2-16(11-21)24-25(41-28(37)38)26(34-27(33-24)36-6-8-39-9-7-36)32-20-4-5-23-17(10-20)15-31-35-23/h1-5,10-15H,6-9H2,(H,31,35)(H,37,38)(H,32,33,34). The summed E-state index contributed by atoms with van der Waals surface area (Å²) < 4.78 is 16.8. The Morgan fingerprint density at radius 2 is 1.80 bits per heavy atom. The van der Waals surface area contributed by atoms with Crippen LogP contribution in [-0.2, 0) is 4.74 Å². The van der Waals surface area contributed by atoms with Crippen molar-refractivity contribution >= 4 is 57.7 Å². The van der Waals surface area contributed by atoms with Gasteiger partial charge in [0.25, 0.3) is 0 Å². The Labute approximate surface area is 243 Å². The molecular formula is C28H22Cl2N6O5. The van der Waals surface area contributed by atoms with Gasteiger partial charge in [0.2, 0.25) is 11.7 Å². The van der Waals surface area contributed by atoms with E-state index >= 15 is 0 Å². The largest absolute Gasteiger partial charge is 0.511 e. The van der Waals surface area contributed by atoms with Crippen LogP contribution in [0, 0.1) is 0 Å². The number of hydrogen-bond donors (Lipinski definition) is 3. The minimum Gasteiger partial charge on any atom is -0.457 e. The molecule has 2 aromatic heterocycles. The van der Waals surface area contributed by atoms with Gasteiger partial charge in [0.1, 0.15) is 17.2 Å². The molecule has 0 spiro atoms. The number of benzene rings is 3. The van der Waals surface area contributed by atoms with Gasteiger partial charge in [-0.25, -0.2) is 9.78 Å². The average Bonchev–Trinajstić information content (AvgIpc) is 3.42. The van der Waals surface area contributed by atoms with Crippen LogP contribution < -0.4 is 19.7 Å². The molecule has 1 aliphatic heterocycles. The fourth-order valence-electron chi connectivity index (χ4n) is 4.40. The number of aromatic nitrogens is 4. The lowest BCUT2D eigenvalue weighted by Gasteiger charge is -2.28. The second kappa shape index (κ2) is 11.5. The van der Waals surface area contributed by atoms with E-state index in [0.29, 0.717) is 65.0 Å². The van der Waals surface area contributed by atoms with Gasteiger partial charge >= 0.3 is 6.16 Å². The van der Waals surface area contributed by atoms with Gasteiger partial charge in [-0.05, 0) is 48.5 Å². The molecule has 1 aliphatic rings. The van der Waals surface area contributed by atoms with Gasteiger partial charge in [0.05, 0.1) is 24.9 Å². The Balaban J connectivity index is 1.45. The van der Waals surface area contributed by atoms with Crippen LogP contribution in [-0.4, -0.2) is 57.7 Å². The number of carbonyl (C=O) groups is 1. The van der Waals surface area contributed by atoms with Crippen molar-refractivity contribution in [2.24, 2.45) is 0 Å². The lowest BCUT2D eigenvalue weighted by atomic mass is 10.1. The number of rotatable bonds is 7. The average molecular weight is 593 g/mol. The third-order valence-electron chi connectivity index (χ3n) is 6.22. The first-order valence-electron chi connectivity index (χ1n) is 12.5. The quantitative estimate of drug-likeness (QED) is 0.174. The third-order valence-corrected chi connectivity index (χ3v) is 6.66. The van der Waals surface area contributed by atoms with Crippen molar-refractivity contribution in [2.45, 2.75) is 0 Å². The van der Waals surface area contributed by atoms with Crippen LogP contribution in [0.1, 0.15) is 0 Å². The number of fused-ring (bicyclic) bond motifs is 1. The van der Waals surface area contributed by atoms with E-state index in [1.807, 2.05) is 23.1 Å². The Hall–Kier alpha value is -4.58. The maximum Gasteiger partial charge on any atom is 0.511 e. The SMILES string of the molecule is O=C(O)Oc1c(Nc2ccc3[nH]ncc3c2)nc(N2CCOCC2)nc1-c1cccc(Oc2cc(Cl)cc(Cl)c2)c1. The predicted octanol–water partition coefficient (Wildman–Crippen LogP) is 6.76. The van der Waals surface area contributed by atoms with Crippen LogP contribution in [0.2, 0.25) is 10.0 Å². The molecule has 0 unspecified atom stereocenters. The van der Waals surface area contributed by atoms with E-state index in [1.165, 1.54) is 0 Å². The maximum absolute atomic E-state index is 11.9. The molecule has 1 fully saturated rings. The Morgan fingerprint density at radius 3 is 2.59 bits per heavy atom. The molecule has 0 atom stereocenters. The highest BCUT2D eigenvalue weighted by molar-refractivity contribution is 6.34. The van der Waals surface area contributed by atoms with Crippen molar-refractivity contribution in [3.63, 3.8) is 0 Å². The second-order valence-electron chi connectivity index (χ2n) is 9.05. The van der Waals surface area contributed by atoms with Gasteiger partial charge in [-0.1, -0.05) is 35.3 Å². The van der Waals surface area contributed by atoms with Crippen molar-refractivity contribution in [3.8, 4) is 28.5 Å². The van der Waals surface area contributed by atoms with Crippen LogP contribution in [0.25, 0.3) is 22.2 Å². The summed E-state index contributed by atoms with van der Waals surface area (Å²) in [7, 11) is 0. The van der Waals surface area contributed by atoms with Crippen LogP contribution >= 0.6 is 23.2 Å². The predicted molar refractivity (Wildman–Crippen MR) is 155 cm³/mol. The van der Waals surface area contributed by atoms with Crippen LogP contribution in [0.3, 0.4) is 0 Å². The number of ether oxygens (including phenoxy) is 3. The van der Waals surface area contributed by atoms with E-state index in [1.54, 1.807) is 48.7 Å². The number of morpholine rings is 1. The van der Waals surface area contributed by atoms with E-state index < -0.39 is 6.16 Å². The molecular weight excluding hydrogens is 571 g/mol. The fraction of sp³-hybridized carbons (Fsp3) is 0.143. The monoisotopic (exact) mass is 592 g/mol. The number of carboxylic acid groups (broad SMARTS) is 1. The number of hydrogen-bond acceptors (Lipinski definition) is 9. The summed E-state index contributed by atoms with van der Waals surface area (Å²) in [5.74, 6) is 1.39. The highest BCUT2D eigenvalue weighted by Gasteiger charge is 2.24. The number of anilines is 3. The number of H-pyrrole nitrogens is 1. The van der Waals surface area contributed by atoms with E-state index in [4.69, 9.17) is 42.4 Å². The van der Waals surface area contributed by atoms with Crippen molar-refractivity contribution in [1.82, 2.24) is 20.2 Å². The molecule has 0 aliphatic carbocycles. The second-order valence-corrected chi connectivity index (χ2v) is 9.92. The summed E-state index contributed by atoms with van der Waals surface area (Å²) in [5, 5.41) is 21.6. The number of halogens is 2. The molecule has 41 heavy (non-hydrogen) atoms. The van der Waals surface area contributed by atoms with Gasteiger partial charge in [-0.15, -0.1) is 0 Å². The molecule has 11 nitrogen and oxygen atoms in total. The van der Waals surface area contributed by atoms with Crippen LogP contribution in [0.5, 0.6) is 17.2 Å². The summed E-state index contributed by atoms with van der Waals surface area (Å²) in [5.41, 5.74) is 2.30. The minimum atomic E-state index is -1.51. The van der Waals surface area contributed by atoms with E-state index in [-0.39, 0.29) is 17.3 Å². The van der Waals surface area contributed by atoms with E-state index in [2.05, 4.69) is 20.5 Å². The summed E-state index contributed by atoms with van der Waals surface area (Å²) >= 11 is 12.3. The molecule has 0 amide bonds. The van der Waals surface area contributed by atoms with Gasteiger partial charge < -0.3 is 29.5 Å². The van der Waals surface area contributed by atoms with Crippen LogP contribution in [0.4, 0.5) is 22.2 Å². The highest BCUT2D eigenvalue weighted by Crippen LogP contribution is 2.39. The zero-order chi connectivity index (χ0) is 28.3. The molecule has 208 valence electrons. The molecule has 3 heterocycles. The first-order chi connectivity index (χ1) is 19.9. The summed E-state index contributed by atoms with van der Waals surface area (Å²) in [6, 6.07) is 17.4. The van der Waals surface area contributed by atoms with E-state index in [9.17, 15) is 9.90 Å². The number of nitrogens with zero attached hydrogens (tertiary/aromatic N) is 4. The molecule has 13 heteroatoms. The zero-order valence-corrected chi connectivity index (χ0v) is 22.8. The molecule has 0 saturated carbocycles. The lowest BCUT2D eigenvalue weighted by molar-refractivity contribution is 0.122. The van der Waals surface area contributed by atoms with Crippen LogP contribution in [0.15, 0.2) is 66.9 Å². The Bertz CT molecular complexity index is 1720. The topological polar surface area (TPSA) is 135 Å². The molecule has 5 aromatic rings. The van der Waals surface area contributed by atoms with Gasteiger partial charge in [0, 0.05) is 39.8 Å². The molecule has 3 aromatic carbocycles. The third kappa shape index (κ3) is 6.12. The van der Waals surface area contributed by atoms with Gasteiger partial charge in [-0.3, -0.25) is 5.10 Å². The zero-order valence-electron chi connectivity index (χ0n) is 21.3. The number of nitrogens with one attached hydrogen (secondary N) is 2. The molecule has 1 saturated heterocycles. The maximum atomic E-state index is 11.9. The minimum absolute atomic E-state index is 0.0650. The Kier molecular flexibility index (Phi) is 7.47. The normalized spacial score (nSPS) is 13.3. The van der Waals surface area contributed by atoms with Crippen molar-refractivity contribution in [1.29, 1.82) is 0 Å². The first kappa shape index (κ1) is 26.6. The molecule has 0 radical (unpaired) electrons. The van der Waals surface area contributed by atoms with E-state index in [0.717, 1.165) is 10.9 Å². The van der Waals surface area contributed by atoms with Crippen molar-refractivity contribution in [3.05, 3.63) is 76.9 Å². The lowest BCUT2D eigenvalue weighted by Crippen LogP contribution is -2.37. The van der Waals surface area contributed by atoms with Gasteiger partial charge in [0.15, 0.2) is 5.82 Å². The summed E-state index contributed by atoms with van der Waals surface area (Å²) in [6.45, 7) is 2.16. The van der Waals surface area contributed by atoms with Gasteiger partial charge in [-0.2, -0.15) is 10.1 Å². The highest BCUT2D eigenvalue weighted by atomic mass is 35.5. The van der Waals surface area contributed by atoms with Crippen molar-refractivity contribution < 1.29 is 24.1 Å². The Morgan fingerprint density at radius 1 is 1.00 bits per heavy atom. The molecule has 3 N–H and O–H groups in total. The fourth-order valence-corrected chi connectivity index (χ4v) is 4.90. The first-order valence-corrected chi connectivity index (χ1v) is 13.3. The smallest absolute Gasteiger partial charge is 0.457 e. The molecule has 0 bridgehead atoms. The van der Waals surface area contributed by atoms with Crippen molar-refractivity contribution in [2.75, 3.05) is 36.5 Å².